The summed E-state index contributed by atoms with van der Waals surface area (Å²) >= 11 is 0. The summed E-state index contributed by atoms with van der Waals surface area (Å²) in [6, 6.07) is 10.6. The van der Waals surface area contributed by atoms with Gasteiger partial charge in [0, 0.05) is 29.8 Å². The van der Waals surface area contributed by atoms with Crippen molar-refractivity contribution in [3.05, 3.63) is 88.7 Å². The minimum atomic E-state index is -5.17. The van der Waals surface area contributed by atoms with E-state index in [4.69, 9.17) is 0 Å². The summed E-state index contributed by atoms with van der Waals surface area (Å²) in [5, 5.41) is 2.31. The molecule has 5 nitrogen and oxygen atoms in total. The van der Waals surface area contributed by atoms with E-state index in [1.54, 1.807) is 35.4 Å². The van der Waals surface area contributed by atoms with Crippen molar-refractivity contribution in [2.24, 2.45) is 0 Å². The number of hydrogen-bond acceptors (Lipinski definition) is 3. The average molecular weight is 493 g/mol. The van der Waals surface area contributed by atoms with Crippen molar-refractivity contribution in [2.75, 3.05) is 16.8 Å². The molecule has 35 heavy (non-hydrogen) atoms. The third-order valence-corrected chi connectivity index (χ3v) is 5.49. The number of anilines is 2. The second-order valence-corrected chi connectivity index (χ2v) is 7.85. The summed E-state index contributed by atoms with van der Waals surface area (Å²) < 4.78 is 78.8. The number of nitrogens with one attached hydrogen (secondary N) is 1. The van der Waals surface area contributed by atoms with Gasteiger partial charge in [-0.05, 0) is 60.5 Å². The lowest BCUT2D eigenvalue weighted by molar-refractivity contribution is -0.143. The molecule has 0 spiro atoms. The summed E-state index contributed by atoms with van der Waals surface area (Å²) in [4.78, 5) is 30.9. The Morgan fingerprint density at radius 3 is 2.37 bits per heavy atom. The maximum atomic E-state index is 13.4. The lowest BCUT2D eigenvalue weighted by atomic mass is 10.0. The standard InChI is InChI=1S/C24H17F6N3O2/c25-23(26,27)15-4-6-18(19(12-15)24(28,29)30)22(35)32-17-5-7-20-14(11-17)8-10-33(20)21(34)13-16-3-1-2-9-31-16/h1-7,9,11-12H,8,10,13H2,(H,32,35). The monoisotopic (exact) mass is 493 g/mol. The largest absolute Gasteiger partial charge is 0.417 e. The van der Waals surface area contributed by atoms with Gasteiger partial charge in [-0.25, -0.2) is 0 Å². The van der Waals surface area contributed by atoms with Crippen LogP contribution in [0.2, 0.25) is 0 Å². The van der Waals surface area contributed by atoms with Crippen LogP contribution in [0.3, 0.4) is 0 Å². The van der Waals surface area contributed by atoms with Crippen LogP contribution in [0.15, 0.2) is 60.8 Å². The van der Waals surface area contributed by atoms with Gasteiger partial charge >= 0.3 is 12.4 Å². The van der Waals surface area contributed by atoms with Gasteiger partial charge in [-0.15, -0.1) is 0 Å². The Hall–Kier alpha value is -3.89. The molecule has 1 aliphatic heterocycles. The molecule has 11 heteroatoms. The number of benzene rings is 2. The van der Waals surface area contributed by atoms with Crippen LogP contribution in [-0.4, -0.2) is 23.3 Å². The second-order valence-electron chi connectivity index (χ2n) is 7.85. The molecule has 2 heterocycles. The molecular weight excluding hydrogens is 476 g/mol. The van der Waals surface area contributed by atoms with Gasteiger partial charge in [0.2, 0.25) is 5.91 Å². The zero-order valence-corrected chi connectivity index (χ0v) is 17.9. The Bertz CT molecular complexity index is 1270. The number of fused-ring (bicyclic) bond motifs is 1. The highest BCUT2D eigenvalue weighted by atomic mass is 19.4. The van der Waals surface area contributed by atoms with E-state index in [9.17, 15) is 35.9 Å². The van der Waals surface area contributed by atoms with E-state index in [2.05, 4.69) is 10.3 Å². The fourth-order valence-electron chi connectivity index (χ4n) is 3.84. The van der Waals surface area contributed by atoms with Crippen LogP contribution in [0.1, 0.15) is 32.7 Å². The highest BCUT2D eigenvalue weighted by Crippen LogP contribution is 2.38. The van der Waals surface area contributed by atoms with E-state index in [1.165, 1.54) is 12.1 Å². The van der Waals surface area contributed by atoms with Crippen molar-refractivity contribution in [2.45, 2.75) is 25.2 Å². The second kappa shape index (κ2) is 9.05. The highest BCUT2D eigenvalue weighted by Gasteiger charge is 2.39. The Morgan fingerprint density at radius 2 is 1.71 bits per heavy atom. The molecule has 182 valence electrons. The minimum Gasteiger partial charge on any atom is -0.322 e. The number of aromatic nitrogens is 1. The van der Waals surface area contributed by atoms with Crippen LogP contribution < -0.4 is 10.2 Å². The zero-order chi connectivity index (χ0) is 25.4. The zero-order valence-electron chi connectivity index (χ0n) is 17.9. The Morgan fingerprint density at radius 1 is 0.943 bits per heavy atom. The third-order valence-electron chi connectivity index (χ3n) is 5.49. The fourth-order valence-corrected chi connectivity index (χ4v) is 3.84. The molecule has 0 aliphatic carbocycles. The van der Waals surface area contributed by atoms with Crippen LogP contribution in [0, 0.1) is 0 Å². The van der Waals surface area contributed by atoms with Crippen molar-refractivity contribution < 1.29 is 35.9 Å². The number of carbonyl (C=O) groups excluding carboxylic acids is 2. The van der Waals surface area contributed by atoms with E-state index < -0.39 is 35.0 Å². The minimum absolute atomic E-state index is 0.0807. The Labute approximate surface area is 195 Å². The van der Waals surface area contributed by atoms with Crippen LogP contribution in [-0.2, 0) is 30.0 Å². The lowest BCUT2D eigenvalue weighted by Gasteiger charge is -2.18. The fraction of sp³-hybridized carbons (Fsp3) is 0.208. The van der Waals surface area contributed by atoms with Crippen molar-refractivity contribution in [1.82, 2.24) is 4.98 Å². The van der Waals surface area contributed by atoms with E-state index in [0.717, 1.165) is 0 Å². The van der Waals surface area contributed by atoms with Crippen LogP contribution in [0.4, 0.5) is 37.7 Å². The number of pyridine rings is 1. The molecule has 0 unspecified atom stereocenters. The molecular formula is C24H17F6N3O2. The maximum Gasteiger partial charge on any atom is 0.417 e. The molecule has 1 aliphatic rings. The summed E-state index contributed by atoms with van der Waals surface area (Å²) in [7, 11) is 0. The SMILES string of the molecule is O=C(Nc1ccc2c(c1)CCN2C(=O)Cc1ccccn1)c1ccc(C(F)(F)F)cc1C(F)(F)F. The molecule has 1 N–H and O–H groups in total. The maximum absolute atomic E-state index is 13.4. The van der Waals surface area contributed by atoms with Gasteiger partial charge < -0.3 is 10.2 Å². The predicted molar refractivity (Wildman–Crippen MR) is 115 cm³/mol. The third kappa shape index (κ3) is 5.28. The molecule has 0 fully saturated rings. The first kappa shape index (κ1) is 24.2. The number of amides is 2. The van der Waals surface area contributed by atoms with Crippen molar-refractivity contribution in [1.29, 1.82) is 0 Å². The smallest absolute Gasteiger partial charge is 0.322 e. The van der Waals surface area contributed by atoms with Crippen molar-refractivity contribution in [3.63, 3.8) is 0 Å². The lowest BCUT2D eigenvalue weighted by Crippen LogP contribution is -2.30. The molecule has 0 radical (unpaired) electrons. The number of halogens is 6. The quantitative estimate of drug-likeness (QED) is 0.488. The topological polar surface area (TPSA) is 62.3 Å². The number of hydrogen-bond donors (Lipinski definition) is 1. The summed E-state index contributed by atoms with van der Waals surface area (Å²) in [5.41, 5.74) is -2.06. The molecule has 4 rings (SSSR count). The van der Waals surface area contributed by atoms with Gasteiger partial charge in [0.05, 0.1) is 23.1 Å². The van der Waals surface area contributed by atoms with Gasteiger partial charge in [-0.2, -0.15) is 26.3 Å². The number of rotatable bonds is 4. The van der Waals surface area contributed by atoms with Crippen LogP contribution in [0.5, 0.6) is 0 Å². The van der Waals surface area contributed by atoms with Crippen LogP contribution >= 0.6 is 0 Å². The van der Waals surface area contributed by atoms with Crippen molar-refractivity contribution in [3.8, 4) is 0 Å². The average Bonchev–Trinajstić information content (AvgIpc) is 3.21. The highest BCUT2D eigenvalue weighted by molar-refractivity contribution is 6.06. The van der Waals surface area contributed by atoms with E-state index in [1.807, 2.05) is 0 Å². The van der Waals surface area contributed by atoms with Gasteiger partial charge in [-0.1, -0.05) is 6.07 Å². The van der Waals surface area contributed by atoms with Crippen LogP contribution in [0.25, 0.3) is 0 Å². The first-order chi connectivity index (χ1) is 16.4. The van der Waals surface area contributed by atoms with Gasteiger partial charge in [0.25, 0.3) is 5.91 Å². The van der Waals surface area contributed by atoms with Gasteiger partial charge in [0.1, 0.15) is 0 Å². The van der Waals surface area contributed by atoms with E-state index in [-0.39, 0.29) is 24.1 Å². The molecule has 0 atom stereocenters. The Balaban J connectivity index is 1.53. The molecule has 3 aromatic rings. The predicted octanol–water partition coefficient (Wildman–Crippen LogP) is 5.50. The molecule has 0 bridgehead atoms. The summed E-state index contributed by atoms with van der Waals surface area (Å²) in [6.07, 6.45) is -8.03. The Kier molecular flexibility index (Phi) is 6.27. The summed E-state index contributed by atoms with van der Waals surface area (Å²) in [5.74, 6) is -1.38. The van der Waals surface area contributed by atoms with Gasteiger partial charge in [-0.3, -0.25) is 14.6 Å². The molecule has 2 amide bonds. The normalized spacial score (nSPS) is 13.5. The molecule has 0 saturated heterocycles. The molecule has 2 aromatic carbocycles. The summed E-state index contributed by atoms with van der Waals surface area (Å²) in [6.45, 7) is 0.384. The van der Waals surface area contributed by atoms with Gasteiger partial charge in [0.15, 0.2) is 0 Å². The number of nitrogens with zero attached hydrogens (tertiary/aromatic N) is 2. The van der Waals surface area contributed by atoms with Crippen molar-refractivity contribution >= 4 is 23.2 Å². The first-order valence-corrected chi connectivity index (χ1v) is 10.4. The number of carbonyl (C=O) groups is 2. The first-order valence-electron chi connectivity index (χ1n) is 10.4. The van der Waals surface area contributed by atoms with E-state index in [0.29, 0.717) is 42.0 Å². The molecule has 0 saturated carbocycles. The molecule has 1 aromatic heterocycles. The van der Waals surface area contributed by atoms with E-state index >= 15 is 0 Å². The number of alkyl halides is 6.